The second-order valence-corrected chi connectivity index (χ2v) is 5.48. The molecule has 1 aromatic carbocycles. The summed E-state index contributed by atoms with van der Waals surface area (Å²) in [7, 11) is 0. The zero-order valence-electron chi connectivity index (χ0n) is 12.2. The monoisotopic (exact) mass is 285 g/mol. The lowest BCUT2D eigenvalue weighted by Gasteiger charge is -2.43. The second-order valence-electron chi connectivity index (χ2n) is 5.48. The van der Waals surface area contributed by atoms with Crippen LogP contribution in [0.5, 0.6) is 0 Å². The summed E-state index contributed by atoms with van der Waals surface area (Å²) < 4.78 is 11.0. The van der Waals surface area contributed by atoms with Gasteiger partial charge in [0.1, 0.15) is 12.4 Å². The molecule has 0 N–H and O–H groups in total. The van der Waals surface area contributed by atoms with Crippen LogP contribution < -0.4 is 0 Å². The van der Waals surface area contributed by atoms with Gasteiger partial charge in [0, 0.05) is 0 Å². The van der Waals surface area contributed by atoms with Crippen LogP contribution in [0.3, 0.4) is 0 Å². The van der Waals surface area contributed by atoms with Gasteiger partial charge in [0.25, 0.3) is 5.91 Å². The highest BCUT2D eigenvalue weighted by atomic mass is 16.5. The van der Waals surface area contributed by atoms with E-state index in [4.69, 9.17) is 9.15 Å². The summed E-state index contributed by atoms with van der Waals surface area (Å²) in [5.74, 6) is -0.00650. The summed E-state index contributed by atoms with van der Waals surface area (Å²) in [6.07, 6.45) is 2.92. The van der Waals surface area contributed by atoms with E-state index in [1.54, 1.807) is 6.07 Å². The minimum absolute atomic E-state index is 0.00650. The minimum atomic E-state index is -0.0988. The molecule has 1 aliphatic heterocycles. The molecule has 21 heavy (non-hydrogen) atoms. The summed E-state index contributed by atoms with van der Waals surface area (Å²) in [6.45, 7) is 4.58. The van der Waals surface area contributed by atoms with Crippen molar-refractivity contribution < 1.29 is 13.9 Å². The number of ether oxygens (including phenoxy) is 1. The van der Waals surface area contributed by atoms with E-state index in [2.05, 4.69) is 0 Å². The van der Waals surface area contributed by atoms with Crippen molar-refractivity contribution in [1.29, 1.82) is 0 Å². The Bertz CT molecular complexity index is 594. The Balaban J connectivity index is 1.87. The van der Waals surface area contributed by atoms with Crippen molar-refractivity contribution >= 4 is 5.91 Å². The molecule has 4 nitrogen and oxygen atoms in total. The smallest absolute Gasteiger partial charge is 0.257 e. The van der Waals surface area contributed by atoms with E-state index in [0.29, 0.717) is 12.2 Å². The van der Waals surface area contributed by atoms with Gasteiger partial charge in [0.15, 0.2) is 0 Å². The summed E-state index contributed by atoms with van der Waals surface area (Å²) in [5, 5.41) is 0. The number of hydrogen-bond acceptors (Lipinski definition) is 3. The maximum atomic E-state index is 12.7. The predicted octanol–water partition coefficient (Wildman–Crippen LogP) is 3.27. The van der Waals surface area contributed by atoms with Gasteiger partial charge in [-0.2, -0.15) is 0 Å². The molecule has 2 heterocycles. The number of benzene rings is 1. The van der Waals surface area contributed by atoms with Crippen molar-refractivity contribution in [3.63, 3.8) is 0 Å². The first kappa shape index (κ1) is 13.9. The third-order valence-electron chi connectivity index (χ3n) is 4.00. The predicted molar refractivity (Wildman–Crippen MR) is 78.9 cm³/mol. The van der Waals surface area contributed by atoms with Gasteiger partial charge < -0.3 is 14.1 Å². The average molecular weight is 285 g/mol. The van der Waals surface area contributed by atoms with Crippen molar-refractivity contribution in [3.05, 3.63) is 60.1 Å². The van der Waals surface area contributed by atoms with Gasteiger partial charge in [-0.3, -0.25) is 4.79 Å². The topological polar surface area (TPSA) is 42.7 Å². The number of nitrogens with zero attached hydrogens (tertiary/aromatic N) is 1. The van der Waals surface area contributed by atoms with Gasteiger partial charge in [0.2, 0.25) is 0 Å². The van der Waals surface area contributed by atoms with Crippen molar-refractivity contribution in [2.75, 3.05) is 6.61 Å². The number of hydrogen-bond donors (Lipinski definition) is 0. The summed E-state index contributed by atoms with van der Waals surface area (Å²) in [6, 6.07) is 11.8. The highest BCUT2D eigenvalue weighted by molar-refractivity contribution is 5.94. The Kier molecular flexibility index (Phi) is 3.80. The third kappa shape index (κ3) is 2.59. The molecular weight excluding hydrogens is 266 g/mol. The minimum Gasteiger partial charge on any atom is -0.472 e. The zero-order valence-corrected chi connectivity index (χ0v) is 12.2. The first-order chi connectivity index (χ1) is 10.2. The molecule has 4 heteroatoms. The van der Waals surface area contributed by atoms with E-state index >= 15 is 0 Å². The molecule has 1 aromatic heterocycles. The van der Waals surface area contributed by atoms with E-state index in [9.17, 15) is 4.79 Å². The Morgan fingerprint density at radius 1 is 1.19 bits per heavy atom. The molecule has 0 aliphatic carbocycles. The quantitative estimate of drug-likeness (QED) is 0.850. The molecule has 0 bridgehead atoms. The average Bonchev–Trinajstić information content (AvgIpc) is 3.02. The van der Waals surface area contributed by atoms with E-state index < -0.39 is 0 Å². The van der Waals surface area contributed by atoms with Crippen molar-refractivity contribution in [2.24, 2.45) is 0 Å². The van der Waals surface area contributed by atoms with Crippen LogP contribution in [0.4, 0.5) is 0 Å². The third-order valence-corrected chi connectivity index (χ3v) is 4.00. The van der Waals surface area contributed by atoms with Crippen LogP contribution in [0, 0.1) is 0 Å². The largest absolute Gasteiger partial charge is 0.472 e. The van der Waals surface area contributed by atoms with Crippen molar-refractivity contribution in [1.82, 2.24) is 4.90 Å². The number of amides is 1. The fraction of sp³-hybridized carbons (Fsp3) is 0.353. The molecule has 1 saturated heterocycles. The van der Waals surface area contributed by atoms with Crippen LogP contribution in [-0.4, -0.2) is 29.5 Å². The van der Waals surface area contributed by atoms with Gasteiger partial charge in [-0.1, -0.05) is 30.3 Å². The number of rotatable bonds is 2. The highest BCUT2D eigenvalue weighted by Crippen LogP contribution is 2.31. The van der Waals surface area contributed by atoms with Crippen molar-refractivity contribution in [3.8, 4) is 0 Å². The molecule has 3 atom stereocenters. The lowest BCUT2D eigenvalue weighted by atomic mass is 9.98. The first-order valence-corrected chi connectivity index (χ1v) is 7.20. The molecule has 1 aliphatic rings. The van der Waals surface area contributed by atoms with Gasteiger partial charge in [-0.15, -0.1) is 0 Å². The lowest BCUT2D eigenvalue weighted by Crippen LogP contribution is -2.53. The molecule has 110 valence electrons. The fourth-order valence-electron chi connectivity index (χ4n) is 2.95. The molecule has 0 spiro atoms. The standard InChI is InChI=1S/C17H19NO3/c1-12-10-21-16(14-6-4-3-5-7-14)13(2)18(12)17(19)15-8-9-20-11-15/h3-9,11-13,16H,10H2,1-2H3. The maximum Gasteiger partial charge on any atom is 0.257 e. The molecule has 2 aromatic rings. The van der Waals surface area contributed by atoms with E-state index in [1.165, 1.54) is 12.5 Å². The molecule has 0 radical (unpaired) electrons. The van der Waals surface area contributed by atoms with Crippen molar-refractivity contribution in [2.45, 2.75) is 32.0 Å². The van der Waals surface area contributed by atoms with E-state index in [0.717, 1.165) is 5.56 Å². The van der Waals surface area contributed by atoms with Crippen LogP contribution in [0.25, 0.3) is 0 Å². The van der Waals surface area contributed by atoms with Crippen LogP contribution in [0.2, 0.25) is 0 Å². The normalized spacial score (nSPS) is 25.8. The summed E-state index contributed by atoms with van der Waals surface area (Å²) in [4.78, 5) is 14.6. The molecule has 3 unspecified atom stereocenters. The Morgan fingerprint density at radius 3 is 2.62 bits per heavy atom. The SMILES string of the molecule is CC1COC(c2ccccc2)C(C)N1C(=O)c1ccoc1. The number of morpholine rings is 1. The van der Waals surface area contributed by atoms with Gasteiger partial charge in [0.05, 0.1) is 30.5 Å². The molecule has 0 saturated carbocycles. The number of carbonyl (C=O) groups is 1. The molecule has 1 fully saturated rings. The number of carbonyl (C=O) groups excluding carboxylic acids is 1. The van der Waals surface area contributed by atoms with Crippen LogP contribution >= 0.6 is 0 Å². The van der Waals surface area contributed by atoms with Gasteiger partial charge in [-0.25, -0.2) is 0 Å². The van der Waals surface area contributed by atoms with Crippen LogP contribution in [0.15, 0.2) is 53.3 Å². The fourth-order valence-corrected chi connectivity index (χ4v) is 2.95. The maximum absolute atomic E-state index is 12.7. The van der Waals surface area contributed by atoms with Gasteiger partial charge >= 0.3 is 0 Å². The molecule has 1 amide bonds. The molecular formula is C17H19NO3. The number of furan rings is 1. The van der Waals surface area contributed by atoms with E-state index in [1.807, 2.05) is 49.1 Å². The Morgan fingerprint density at radius 2 is 1.95 bits per heavy atom. The van der Waals surface area contributed by atoms with E-state index in [-0.39, 0.29) is 24.1 Å². The van der Waals surface area contributed by atoms with Gasteiger partial charge in [-0.05, 0) is 25.5 Å². The Labute approximate surface area is 124 Å². The summed E-state index contributed by atoms with van der Waals surface area (Å²) in [5.41, 5.74) is 1.68. The first-order valence-electron chi connectivity index (χ1n) is 7.20. The lowest BCUT2D eigenvalue weighted by molar-refractivity contribution is -0.0806. The molecule has 3 rings (SSSR count). The highest BCUT2D eigenvalue weighted by Gasteiger charge is 2.37. The zero-order chi connectivity index (χ0) is 14.8. The summed E-state index contributed by atoms with van der Waals surface area (Å²) >= 11 is 0. The Hall–Kier alpha value is -2.07. The van der Waals surface area contributed by atoms with Crippen LogP contribution in [-0.2, 0) is 4.74 Å². The van der Waals surface area contributed by atoms with Crippen LogP contribution in [0.1, 0.15) is 35.9 Å². The second kappa shape index (κ2) is 5.74.